The van der Waals surface area contributed by atoms with Crippen LogP contribution in [0.25, 0.3) is 11.1 Å². The second-order valence-corrected chi connectivity index (χ2v) is 14.1. The van der Waals surface area contributed by atoms with Gasteiger partial charge in [0.05, 0.1) is 19.6 Å². The van der Waals surface area contributed by atoms with Gasteiger partial charge in [-0.2, -0.15) is 0 Å². The van der Waals surface area contributed by atoms with Crippen molar-refractivity contribution in [2.75, 3.05) is 45.8 Å². The Labute approximate surface area is 329 Å². The number of hydrogen-bond acceptors (Lipinski definition) is 7. The second-order valence-electron chi connectivity index (χ2n) is 14.1. The molecule has 1 atom stereocenters. The number of urea groups is 1. The van der Waals surface area contributed by atoms with E-state index in [2.05, 4.69) is 62.7 Å². The van der Waals surface area contributed by atoms with Crippen LogP contribution in [0.2, 0.25) is 0 Å². The Morgan fingerprint density at radius 1 is 0.786 bits per heavy atom. The summed E-state index contributed by atoms with van der Waals surface area (Å²) >= 11 is 0. The number of benzene rings is 2. The molecule has 0 fully saturated rings. The Balaban J connectivity index is 1.30. The first-order valence-electron chi connectivity index (χ1n) is 19.5. The van der Waals surface area contributed by atoms with Gasteiger partial charge in [0.15, 0.2) is 0 Å². The first-order valence-corrected chi connectivity index (χ1v) is 19.5. The van der Waals surface area contributed by atoms with Gasteiger partial charge in [0, 0.05) is 45.1 Å². The number of allylic oxidation sites excluding steroid dienone is 2. The molecule has 6 N–H and O–H groups in total. The van der Waals surface area contributed by atoms with Crippen LogP contribution in [-0.4, -0.2) is 96.3 Å². The van der Waals surface area contributed by atoms with E-state index in [1.54, 1.807) is 12.4 Å². The smallest absolute Gasteiger partial charge is 0.312 e. The number of aromatic nitrogens is 1. The molecular weight excluding hydrogens is 709 g/mol. The quantitative estimate of drug-likeness (QED) is 0.0975. The minimum absolute atomic E-state index is 0.00140. The van der Waals surface area contributed by atoms with Gasteiger partial charge in [0.25, 0.3) is 0 Å². The van der Waals surface area contributed by atoms with Crippen LogP contribution in [0.4, 0.5) is 4.79 Å². The summed E-state index contributed by atoms with van der Waals surface area (Å²) in [5.41, 5.74) is 13.1. The van der Waals surface area contributed by atoms with Crippen molar-refractivity contribution in [2.24, 2.45) is 5.73 Å². The number of rotatable bonds is 22. The van der Waals surface area contributed by atoms with Gasteiger partial charge in [-0.1, -0.05) is 73.7 Å². The molecule has 6 amide bonds. The molecule has 56 heavy (non-hydrogen) atoms. The lowest BCUT2D eigenvalue weighted by Gasteiger charge is -2.29. The van der Waals surface area contributed by atoms with Gasteiger partial charge in [-0.25, -0.2) is 4.79 Å². The maximum atomic E-state index is 14.4. The third-order valence-electron chi connectivity index (χ3n) is 10.0. The van der Waals surface area contributed by atoms with Crippen LogP contribution in [0.5, 0.6) is 0 Å². The van der Waals surface area contributed by atoms with E-state index < -0.39 is 23.9 Å². The SMILES string of the molecule is CCCNC(=O)CN(CCC1=CCc2ccccc21)C(=O)C(CCCNC(N)=O)NC(=O)CN(CCC1=CCc2ccccc21)C(=O)CNCc1cccnc1. The number of nitrogens with zero attached hydrogens (tertiary/aromatic N) is 3. The number of carbonyl (C=O) groups is 5. The lowest BCUT2D eigenvalue weighted by molar-refractivity contribution is -0.140. The Morgan fingerprint density at radius 2 is 1.43 bits per heavy atom. The average molecular weight is 763 g/mol. The number of amides is 6. The third-order valence-corrected chi connectivity index (χ3v) is 10.0. The Hall–Kier alpha value is -5.82. The van der Waals surface area contributed by atoms with E-state index >= 15 is 0 Å². The molecule has 0 aliphatic heterocycles. The molecular formula is C43H54N8O5. The molecule has 0 radical (unpaired) electrons. The minimum Gasteiger partial charge on any atom is -0.355 e. The van der Waals surface area contributed by atoms with E-state index in [0.29, 0.717) is 38.9 Å². The predicted molar refractivity (Wildman–Crippen MR) is 217 cm³/mol. The number of hydrogen-bond donors (Lipinski definition) is 5. The molecule has 1 heterocycles. The van der Waals surface area contributed by atoms with Crippen molar-refractivity contribution in [3.63, 3.8) is 0 Å². The minimum atomic E-state index is -1.02. The van der Waals surface area contributed by atoms with E-state index in [-0.39, 0.29) is 51.0 Å². The first kappa shape index (κ1) is 41.3. The summed E-state index contributed by atoms with van der Waals surface area (Å²) in [6.45, 7) is 3.15. The van der Waals surface area contributed by atoms with Crippen LogP contribution in [0.1, 0.15) is 66.8 Å². The van der Waals surface area contributed by atoms with Gasteiger partial charge in [0.2, 0.25) is 23.6 Å². The lowest BCUT2D eigenvalue weighted by Crippen LogP contribution is -2.54. The Kier molecular flexibility index (Phi) is 15.7. The average Bonchev–Trinajstić information content (AvgIpc) is 3.82. The van der Waals surface area contributed by atoms with Crippen LogP contribution in [0.3, 0.4) is 0 Å². The van der Waals surface area contributed by atoms with Gasteiger partial charge < -0.3 is 36.8 Å². The number of primary amides is 1. The highest BCUT2D eigenvalue weighted by atomic mass is 16.2. The lowest BCUT2D eigenvalue weighted by atomic mass is 10.0. The van der Waals surface area contributed by atoms with Gasteiger partial charge in [-0.15, -0.1) is 0 Å². The van der Waals surface area contributed by atoms with E-state index in [4.69, 9.17) is 5.73 Å². The summed E-state index contributed by atoms with van der Waals surface area (Å²) in [7, 11) is 0. The van der Waals surface area contributed by atoms with Crippen molar-refractivity contribution >= 4 is 40.8 Å². The highest BCUT2D eigenvalue weighted by Gasteiger charge is 2.29. The summed E-state index contributed by atoms with van der Waals surface area (Å²) in [4.78, 5) is 73.5. The molecule has 0 saturated carbocycles. The highest BCUT2D eigenvalue weighted by molar-refractivity contribution is 5.92. The van der Waals surface area contributed by atoms with E-state index in [1.165, 1.54) is 20.9 Å². The molecule has 2 aliphatic rings. The van der Waals surface area contributed by atoms with Crippen LogP contribution >= 0.6 is 0 Å². The molecule has 5 rings (SSSR count). The fraction of sp³-hybridized carbons (Fsp3) is 0.395. The molecule has 0 bridgehead atoms. The molecule has 3 aromatic rings. The van der Waals surface area contributed by atoms with Crippen LogP contribution in [0, 0.1) is 0 Å². The number of nitrogens with two attached hydrogens (primary N) is 1. The molecule has 1 aromatic heterocycles. The molecule has 0 saturated heterocycles. The number of pyridine rings is 1. The standard InChI is InChI=1S/C43H54N8O5/c1-2-21-47-39(52)29-51(25-20-35-18-16-33-11-4-6-13-37(33)35)42(55)38(14-8-23-48-43(44)56)49-40(53)30-50(41(54)28-46-27-31-9-7-22-45-26-31)24-19-34-17-15-32-10-3-5-12-36(32)34/h3-7,9-13,17-18,22,26,38,46H,2,8,14-16,19-21,23-25,27-30H2,1H3,(H,47,52)(H,49,53)(H3,44,48,56). The van der Waals surface area contributed by atoms with E-state index in [9.17, 15) is 24.0 Å². The maximum Gasteiger partial charge on any atom is 0.312 e. The zero-order valence-corrected chi connectivity index (χ0v) is 32.2. The summed E-state index contributed by atoms with van der Waals surface area (Å²) in [5.74, 6) is -1.47. The monoisotopic (exact) mass is 762 g/mol. The maximum absolute atomic E-state index is 14.4. The van der Waals surface area contributed by atoms with Crippen molar-refractivity contribution in [1.82, 2.24) is 36.1 Å². The zero-order chi connectivity index (χ0) is 39.7. The summed E-state index contributed by atoms with van der Waals surface area (Å²) in [6, 6.07) is 18.3. The fourth-order valence-corrected chi connectivity index (χ4v) is 7.08. The largest absolute Gasteiger partial charge is 0.355 e. The fourth-order valence-electron chi connectivity index (χ4n) is 7.08. The topological polar surface area (TPSA) is 179 Å². The normalized spacial score (nSPS) is 13.1. The molecule has 2 aliphatic carbocycles. The second kappa shape index (κ2) is 21.3. The highest BCUT2D eigenvalue weighted by Crippen LogP contribution is 2.30. The predicted octanol–water partition coefficient (Wildman–Crippen LogP) is 3.35. The van der Waals surface area contributed by atoms with Crippen molar-refractivity contribution in [2.45, 2.75) is 64.5 Å². The third kappa shape index (κ3) is 12.4. The Bertz CT molecular complexity index is 1900. The van der Waals surface area contributed by atoms with Crippen molar-refractivity contribution in [3.05, 3.63) is 113 Å². The summed E-state index contributed by atoms with van der Waals surface area (Å²) in [6.07, 6.45) is 11.7. The van der Waals surface area contributed by atoms with Crippen LogP contribution < -0.4 is 27.0 Å². The summed E-state index contributed by atoms with van der Waals surface area (Å²) < 4.78 is 0. The van der Waals surface area contributed by atoms with E-state index in [1.807, 2.05) is 43.3 Å². The zero-order valence-electron chi connectivity index (χ0n) is 32.2. The van der Waals surface area contributed by atoms with Gasteiger partial charge in [-0.05, 0) is 90.0 Å². The Morgan fingerprint density at radius 3 is 2.05 bits per heavy atom. The van der Waals surface area contributed by atoms with Crippen molar-refractivity contribution < 1.29 is 24.0 Å². The van der Waals surface area contributed by atoms with Gasteiger partial charge in [-0.3, -0.25) is 24.2 Å². The molecule has 13 nitrogen and oxygen atoms in total. The number of carbonyl (C=O) groups excluding carboxylic acids is 5. The van der Waals surface area contributed by atoms with Crippen LogP contribution in [0.15, 0.2) is 85.2 Å². The van der Waals surface area contributed by atoms with E-state index in [0.717, 1.165) is 47.1 Å². The molecule has 1 unspecified atom stereocenters. The number of nitrogens with one attached hydrogen (secondary N) is 4. The molecule has 296 valence electrons. The molecule has 13 heteroatoms. The van der Waals surface area contributed by atoms with Crippen molar-refractivity contribution in [1.29, 1.82) is 0 Å². The van der Waals surface area contributed by atoms with Gasteiger partial charge in [0.1, 0.15) is 6.04 Å². The number of fused-ring (bicyclic) bond motifs is 2. The van der Waals surface area contributed by atoms with Gasteiger partial charge >= 0.3 is 6.03 Å². The molecule has 2 aromatic carbocycles. The molecule has 0 spiro atoms. The summed E-state index contributed by atoms with van der Waals surface area (Å²) in [5, 5.41) is 11.5. The first-order chi connectivity index (χ1) is 27.2. The van der Waals surface area contributed by atoms with Crippen molar-refractivity contribution in [3.8, 4) is 0 Å². The van der Waals surface area contributed by atoms with Crippen LogP contribution in [-0.2, 0) is 38.6 Å².